The fourth-order valence-corrected chi connectivity index (χ4v) is 2.08. The number of carbonyl (C=O) groups is 1. The first-order chi connectivity index (χ1) is 10.7. The van der Waals surface area contributed by atoms with Gasteiger partial charge in [-0.3, -0.25) is 4.79 Å². The standard InChI is InChI=1S/C18H15NO3/c1-13(20)15-8-5-9-17(10-15)21-12-16-11-18(22-19-16)14-6-3-2-4-7-14/h2-11H,12H2,1H3. The lowest BCUT2D eigenvalue weighted by atomic mass is 10.1. The number of rotatable bonds is 5. The van der Waals surface area contributed by atoms with Crippen molar-refractivity contribution in [2.24, 2.45) is 0 Å². The van der Waals surface area contributed by atoms with Gasteiger partial charge in [0.1, 0.15) is 18.1 Å². The lowest BCUT2D eigenvalue weighted by molar-refractivity contribution is 0.101. The van der Waals surface area contributed by atoms with Crippen molar-refractivity contribution >= 4 is 5.78 Å². The van der Waals surface area contributed by atoms with E-state index in [2.05, 4.69) is 5.16 Å². The second-order valence-electron chi connectivity index (χ2n) is 4.92. The smallest absolute Gasteiger partial charge is 0.167 e. The molecule has 1 aromatic heterocycles. The van der Waals surface area contributed by atoms with E-state index in [0.717, 1.165) is 5.56 Å². The van der Waals surface area contributed by atoms with E-state index in [9.17, 15) is 4.79 Å². The van der Waals surface area contributed by atoms with Crippen LogP contribution >= 0.6 is 0 Å². The third kappa shape index (κ3) is 3.23. The molecule has 0 aliphatic rings. The number of hydrogen-bond donors (Lipinski definition) is 0. The van der Waals surface area contributed by atoms with Crippen molar-refractivity contribution in [1.82, 2.24) is 5.16 Å². The summed E-state index contributed by atoms with van der Waals surface area (Å²) in [6.07, 6.45) is 0. The number of nitrogens with zero attached hydrogens (tertiary/aromatic N) is 1. The number of ketones is 1. The van der Waals surface area contributed by atoms with Gasteiger partial charge in [-0.15, -0.1) is 0 Å². The molecule has 0 atom stereocenters. The highest BCUT2D eigenvalue weighted by Crippen LogP contribution is 2.21. The summed E-state index contributed by atoms with van der Waals surface area (Å²) in [5.41, 5.74) is 2.30. The fraction of sp³-hybridized carbons (Fsp3) is 0.111. The molecule has 0 radical (unpaired) electrons. The van der Waals surface area contributed by atoms with Crippen LogP contribution in [-0.2, 0) is 6.61 Å². The third-order valence-electron chi connectivity index (χ3n) is 3.24. The first-order valence-electron chi connectivity index (χ1n) is 6.97. The number of Topliss-reactive ketones (excluding diaryl/α,β-unsaturated/α-hetero) is 1. The summed E-state index contributed by atoms with van der Waals surface area (Å²) in [5, 5.41) is 4.00. The summed E-state index contributed by atoms with van der Waals surface area (Å²) in [6, 6.07) is 18.7. The predicted molar refractivity (Wildman–Crippen MR) is 82.7 cm³/mol. The monoisotopic (exact) mass is 293 g/mol. The molecule has 0 saturated heterocycles. The highest BCUT2D eigenvalue weighted by molar-refractivity contribution is 5.94. The van der Waals surface area contributed by atoms with Crippen LogP contribution in [0.4, 0.5) is 0 Å². The Bertz CT molecular complexity index is 778. The minimum Gasteiger partial charge on any atom is -0.487 e. The molecule has 0 spiro atoms. The normalized spacial score (nSPS) is 10.4. The molecule has 0 N–H and O–H groups in total. The maximum absolute atomic E-state index is 11.3. The minimum absolute atomic E-state index is 0.0123. The number of benzene rings is 2. The highest BCUT2D eigenvalue weighted by atomic mass is 16.5. The first-order valence-corrected chi connectivity index (χ1v) is 6.97. The summed E-state index contributed by atoms with van der Waals surface area (Å²) in [4.78, 5) is 11.3. The van der Waals surface area contributed by atoms with Crippen molar-refractivity contribution in [3.05, 3.63) is 71.9 Å². The van der Waals surface area contributed by atoms with Crippen LogP contribution in [0, 0.1) is 0 Å². The van der Waals surface area contributed by atoms with Crippen LogP contribution in [0.25, 0.3) is 11.3 Å². The molecular weight excluding hydrogens is 278 g/mol. The van der Waals surface area contributed by atoms with Crippen LogP contribution in [-0.4, -0.2) is 10.9 Å². The average Bonchev–Trinajstić information content (AvgIpc) is 3.03. The Balaban J connectivity index is 1.69. The van der Waals surface area contributed by atoms with Crippen LogP contribution in [0.3, 0.4) is 0 Å². The molecule has 0 fully saturated rings. The molecule has 0 unspecified atom stereocenters. The summed E-state index contributed by atoms with van der Waals surface area (Å²) in [6.45, 7) is 1.82. The maximum Gasteiger partial charge on any atom is 0.167 e. The highest BCUT2D eigenvalue weighted by Gasteiger charge is 2.07. The Morgan fingerprint density at radius 2 is 1.91 bits per heavy atom. The molecule has 3 rings (SSSR count). The topological polar surface area (TPSA) is 52.3 Å². The molecule has 0 amide bonds. The second-order valence-corrected chi connectivity index (χ2v) is 4.92. The van der Waals surface area contributed by atoms with Gasteiger partial charge in [-0.1, -0.05) is 47.6 Å². The number of hydrogen-bond acceptors (Lipinski definition) is 4. The van der Waals surface area contributed by atoms with E-state index in [1.807, 2.05) is 42.5 Å². The average molecular weight is 293 g/mol. The zero-order chi connectivity index (χ0) is 15.4. The molecule has 22 heavy (non-hydrogen) atoms. The molecule has 3 aromatic rings. The van der Waals surface area contributed by atoms with E-state index >= 15 is 0 Å². The predicted octanol–water partition coefficient (Wildman–Crippen LogP) is 4.12. The minimum atomic E-state index is 0.0123. The van der Waals surface area contributed by atoms with E-state index < -0.39 is 0 Å². The Hall–Kier alpha value is -2.88. The van der Waals surface area contributed by atoms with E-state index in [1.165, 1.54) is 6.92 Å². The molecular formula is C18H15NO3. The van der Waals surface area contributed by atoms with Gasteiger partial charge in [0.15, 0.2) is 11.5 Å². The van der Waals surface area contributed by atoms with Gasteiger partial charge >= 0.3 is 0 Å². The maximum atomic E-state index is 11.3. The van der Waals surface area contributed by atoms with Crippen LogP contribution in [0.15, 0.2) is 65.2 Å². The van der Waals surface area contributed by atoms with Crippen molar-refractivity contribution in [3.8, 4) is 17.1 Å². The zero-order valence-corrected chi connectivity index (χ0v) is 12.2. The van der Waals surface area contributed by atoms with Gasteiger partial charge in [0, 0.05) is 17.2 Å². The van der Waals surface area contributed by atoms with E-state index in [1.54, 1.807) is 18.2 Å². The molecule has 0 bridgehead atoms. The van der Waals surface area contributed by atoms with Gasteiger partial charge in [0.2, 0.25) is 0 Å². The molecule has 0 aliphatic carbocycles. The van der Waals surface area contributed by atoms with E-state index in [-0.39, 0.29) is 12.4 Å². The van der Waals surface area contributed by atoms with Crippen LogP contribution in [0.5, 0.6) is 5.75 Å². The lowest BCUT2D eigenvalue weighted by Crippen LogP contribution is -1.97. The Morgan fingerprint density at radius 3 is 2.68 bits per heavy atom. The summed E-state index contributed by atoms with van der Waals surface area (Å²) >= 11 is 0. The van der Waals surface area contributed by atoms with Gasteiger partial charge in [-0.05, 0) is 19.1 Å². The largest absolute Gasteiger partial charge is 0.487 e. The zero-order valence-electron chi connectivity index (χ0n) is 12.2. The molecule has 4 heteroatoms. The first kappa shape index (κ1) is 14.1. The van der Waals surface area contributed by atoms with E-state index in [0.29, 0.717) is 22.8 Å². The van der Waals surface area contributed by atoms with Crippen LogP contribution < -0.4 is 4.74 Å². The quantitative estimate of drug-likeness (QED) is 0.664. The SMILES string of the molecule is CC(=O)c1cccc(OCc2cc(-c3ccccc3)on2)c1. The summed E-state index contributed by atoms with van der Waals surface area (Å²) in [7, 11) is 0. The molecule has 1 heterocycles. The Labute approximate surface area is 128 Å². The molecule has 2 aromatic carbocycles. The third-order valence-corrected chi connectivity index (χ3v) is 3.24. The van der Waals surface area contributed by atoms with Gasteiger partial charge in [-0.2, -0.15) is 0 Å². The van der Waals surface area contributed by atoms with Crippen LogP contribution in [0.2, 0.25) is 0 Å². The van der Waals surface area contributed by atoms with Crippen molar-refractivity contribution in [1.29, 1.82) is 0 Å². The van der Waals surface area contributed by atoms with E-state index in [4.69, 9.17) is 9.26 Å². The Morgan fingerprint density at radius 1 is 1.09 bits per heavy atom. The number of aromatic nitrogens is 1. The summed E-state index contributed by atoms with van der Waals surface area (Å²) in [5.74, 6) is 1.35. The fourth-order valence-electron chi connectivity index (χ4n) is 2.08. The lowest BCUT2D eigenvalue weighted by Gasteiger charge is -2.04. The van der Waals surface area contributed by atoms with Crippen molar-refractivity contribution in [2.45, 2.75) is 13.5 Å². The Kier molecular flexibility index (Phi) is 4.01. The number of ether oxygens (including phenoxy) is 1. The van der Waals surface area contributed by atoms with Gasteiger partial charge in [0.05, 0.1) is 0 Å². The van der Waals surface area contributed by atoms with Crippen LogP contribution in [0.1, 0.15) is 23.0 Å². The summed E-state index contributed by atoms with van der Waals surface area (Å²) < 4.78 is 11.0. The van der Waals surface area contributed by atoms with Gasteiger partial charge in [-0.25, -0.2) is 0 Å². The van der Waals surface area contributed by atoms with Gasteiger partial charge < -0.3 is 9.26 Å². The second kappa shape index (κ2) is 6.26. The molecule has 0 saturated carbocycles. The molecule has 0 aliphatic heterocycles. The van der Waals surface area contributed by atoms with Crippen molar-refractivity contribution in [2.75, 3.05) is 0 Å². The molecule has 110 valence electrons. The number of carbonyl (C=O) groups excluding carboxylic acids is 1. The van der Waals surface area contributed by atoms with Gasteiger partial charge in [0.25, 0.3) is 0 Å². The van der Waals surface area contributed by atoms with Crippen molar-refractivity contribution < 1.29 is 14.1 Å². The van der Waals surface area contributed by atoms with Crippen molar-refractivity contribution in [3.63, 3.8) is 0 Å². The molecule has 4 nitrogen and oxygen atoms in total.